The first-order valence-electron chi connectivity index (χ1n) is 8.79. The van der Waals surface area contributed by atoms with Gasteiger partial charge in [0, 0.05) is 25.2 Å². The van der Waals surface area contributed by atoms with E-state index in [0.29, 0.717) is 15.8 Å². The van der Waals surface area contributed by atoms with E-state index in [1.54, 1.807) is 6.08 Å². The molecule has 2 aliphatic rings. The van der Waals surface area contributed by atoms with Gasteiger partial charge in [-0.3, -0.25) is 4.79 Å². The molecular weight excluding hydrogens is 346 g/mol. The summed E-state index contributed by atoms with van der Waals surface area (Å²) in [6.45, 7) is 6.14. The zero-order chi connectivity index (χ0) is 18.1. The van der Waals surface area contributed by atoms with Crippen LogP contribution in [-0.4, -0.2) is 24.2 Å². The first-order valence-corrected chi connectivity index (χ1v) is 9.61. The topological polar surface area (TPSA) is 57.8 Å². The van der Waals surface area contributed by atoms with Gasteiger partial charge in [0.15, 0.2) is 11.1 Å². The number of amides is 1. The van der Waals surface area contributed by atoms with Crippen LogP contribution in [0.1, 0.15) is 29.7 Å². The second-order valence-electron chi connectivity index (χ2n) is 6.70. The highest BCUT2D eigenvalue weighted by molar-refractivity contribution is 8.18. The van der Waals surface area contributed by atoms with Crippen LogP contribution < -0.4 is 10.2 Å². The molecule has 5 nitrogen and oxygen atoms in total. The number of carbonyl (C=O) groups is 1. The summed E-state index contributed by atoms with van der Waals surface area (Å²) in [5, 5.41) is 3.42. The van der Waals surface area contributed by atoms with E-state index in [2.05, 4.69) is 21.3 Å². The number of amidine groups is 1. The summed E-state index contributed by atoms with van der Waals surface area (Å²) < 4.78 is 5.88. The van der Waals surface area contributed by atoms with Gasteiger partial charge in [-0.2, -0.15) is 0 Å². The lowest BCUT2D eigenvalue weighted by atomic mass is 10.1. The molecule has 4 rings (SSSR count). The highest BCUT2D eigenvalue weighted by atomic mass is 32.2. The number of benzene rings is 1. The van der Waals surface area contributed by atoms with Crippen molar-refractivity contribution in [3.63, 3.8) is 0 Å². The Kier molecular flexibility index (Phi) is 4.59. The van der Waals surface area contributed by atoms with Crippen molar-refractivity contribution in [2.75, 3.05) is 18.0 Å². The summed E-state index contributed by atoms with van der Waals surface area (Å²) >= 11 is 1.34. The lowest BCUT2D eigenvalue weighted by molar-refractivity contribution is -0.115. The van der Waals surface area contributed by atoms with Gasteiger partial charge in [-0.25, -0.2) is 4.99 Å². The van der Waals surface area contributed by atoms with E-state index in [4.69, 9.17) is 4.42 Å². The van der Waals surface area contributed by atoms with Gasteiger partial charge in [0.25, 0.3) is 5.91 Å². The van der Waals surface area contributed by atoms with Gasteiger partial charge in [0.1, 0.15) is 5.76 Å². The fourth-order valence-electron chi connectivity index (χ4n) is 3.27. The molecule has 1 N–H and O–H groups in total. The highest BCUT2D eigenvalue weighted by Gasteiger charge is 2.24. The van der Waals surface area contributed by atoms with Crippen LogP contribution in [0.4, 0.5) is 11.6 Å². The molecule has 2 aromatic rings. The van der Waals surface area contributed by atoms with Crippen LogP contribution in [0.15, 0.2) is 44.6 Å². The molecule has 0 saturated carbocycles. The zero-order valence-corrected chi connectivity index (χ0v) is 15.7. The smallest absolute Gasteiger partial charge is 0.264 e. The third-order valence-electron chi connectivity index (χ3n) is 4.39. The number of rotatable bonds is 3. The quantitative estimate of drug-likeness (QED) is 0.818. The second kappa shape index (κ2) is 7.03. The molecule has 1 amide bonds. The number of hydrogen-bond donors (Lipinski definition) is 1. The van der Waals surface area contributed by atoms with E-state index >= 15 is 0 Å². The van der Waals surface area contributed by atoms with Gasteiger partial charge in [-0.1, -0.05) is 6.07 Å². The lowest BCUT2D eigenvalue weighted by Gasteiger charge is -2.12. The molecule has 26 heavy (non-hydrogen) atoms. The predicted octanol–water partition coefficient (Wildman–Crippen LogP) is 4.39. The Morgan fingerprint density at radius 1 is 1.15 bits per heavy atom. The molecule has 134 valence electrons. The van der Waals surface area contributed by atoms with Crippen molar-refractivity contribution >= 4 is 40.5 Å². The lowest BCUT2D eigenvalue weighted by Crippen LogP contribution is -2.19. The van der Waals surface area contributed by atoms with Crippen LogP contribution in [0.3, 0.4) is 0 Å². The average molecular weight is 367 g/mol. The third kappa shape index (κ3) is 3.70. The van der Waals surface area contributed by atoms with Crippen LogP contribution in [0.25, 0.3) is 6.08 Å². The van der Waals surface area contributed by atoms with Crippen LogP contribution >= 0.6 is 11.8 Å². The molecule has 0 atom stereocenters. The van der Waals surface area contributed by atoms with Crippen molar-refractivity contribution in [1.29, 1.82) is 0 Å². The molecule has 2 aliphatic heterocycles. The molecule has 0 aliphatic carbocycles. The number of aryl methyl sites for hydroxylation is 2. The van der Waals surface area contributed by atoms with E-state index in [1.165, 1.54) is 24.6 Å². The Bertz CT molecular complexity index is 887. The van der Waals surface area contributed by atoms with Crippen molar-refractivity contribution < 1.29 is 9.21 Å². The van der Waals surface area contributed by atoms with E-state index < -0.39 is 0 Å². The summed E-state index contributed by atoms with van der Waals surface area (Å²) in [4.78, 5) is 19.6. The normalized spacial score (nSPS) is 20.4. The molecule has 2 saturated heterocycles. The van der Waals surface area contributed by atoms with Gasteiger partial charge in [0.05, 0.1) is 10.6 Å². The molecule has 3 heterocycles. The minimum absolute atomic E-state index is 0.141. The summed E-state index contributed by atoms with van der Waals surface area (Å²) in [7, 11) is 0. The van der Waals surface area contributed by atoms with Gasteiger partial charge in [0.2, 0.25) is 0 Å². The Balaban J connectivity index is 1.52. The van der Waals surface area contributed by atoms with Gasteiger partial charge >= 0.3 is 0 Å². The number of anilines is 1. The van der Waals surface area contributed by atoms with Gasteiger partial charge in [-0.15, -0.1) is 0 Å². The molecule has 0 radical (unpaired) electrons. The summed E-state index contributed by atoms with van der Waals surface area (Å²) in [5.74, 6) is 1.43. The minimum atomic E-state index is -0.141. The fraction of sp³-hybridized carbons (Fsp3) is 0.300. The second-order valence-corrected chi connectivity index (χ2v) is 7.73. The fourth-order valence-corrected chi connectivity index (χ4v) is 4.09. The summed E-state index contributed by atoms with van der Waals surface area (Å²) in [6, 6.07) is 9.99. The molecule has 1 aromatic heterocycles. The van der Waals surface area contributed by atoms with Crippen LogP contribution in [-0.2, 0) is 4.79 Å². The van der Waals surface area contributed by atoms with Crippen LogP contribution in [0, 0.1) is 13.8 Å². The first kappa shape index (κ1) is 17.0. The minimum Gasteiger partial charge on any atom is -0.441 e. The zero-order valence-electron chi connectivity index (χ0n) is 14.9. The highest BCUT2D eigenvalue weighted by Crippen LogP contribution is 2.30. The van der Waals surface area contributed by atoms with E-state index in [0.717, 1.165) is 35.8 Å². The molecule has 1 aromatic carbocycles. The van der Waals surface area contributed by atoms with Crippen molar-refractivity contribution in [1.82, 2.24) is 5.32 Å². The van der Waals surface area contributed by atoms with Crippen molar-refractivity contribution in [3.8, 4) is 0 Å². The van der Waals surface area contributed by atoms with Gasteiger partial charge < -0.3 is 14.6 Å². The van der Waals surface area contributed by atoms with Crippen molar-refractivity contribution in [2.45, 2.75) is 26.7 Å². The summed E-state index contributed by atoms with van der Waals surface area (Å²) in [5.41, 5.74) is 3.15. The van der Waals surface area contributed by atoms with Crippen LogP contribution in [0.2, 0.25) is 0 Å². The molecule has 6 heteroatoms. The summed E-state index contributed by atoms with van der Waals surface area (Å²) in [6.07, 6.45) is 4.19. The maximum Gasteiger partial charge on any atom is 0.264 e. The monoisotopic (exact) mass is 367 g/mol. The van der Waals surface area contributed by atoms with Gasteiger partial charge in [-0.05, 0) is 67.8 Å². The van der Waals surface area contributed by atoms with E-state index in [1.807, 2.05) is 38.1 Å². The number of furan rings is 1. The standard InChI is InChI=1S/C20H21N3O2S/c1-13-9-14(2)11-15(10-13)21-20-22-19(24)17(26-20)12-16-5-6-18(25-16)23-7-3-4-8-23/h5-6,9-12H,3-4,7-8H2,1-2H3,(H,21,22,24)/b17-12+. The Hall–Kier alpha value is -2.47. The Morgan fingerprint density at radius 2 is 1.88 bits per heavy atom. The number of aliphatic imine (C=N–C) groups is 1. The Labute approximate surface area is 157 Å². The predicted molar refractivity (Wildman–Crippen MR) is 107 cm³/mol. The number of hydrogen-bond acceptors (Lipinski definition) is 5. The SMILES string of the molecule is Cc1cc(C)cc(N=C2NC(=O)/C(=C\c3ccc(N4CCCC4)o3)S2)c1. The van der Waals surface area contributed by atoms with Crippen LogP contribution in [0.5, 0.6) is 0 Å². The first-order chi connectivity index (χ1) is 12.6. The number of nitrogens with zero attached hydrogens (tertiary/aromatic N) is 2. The molecule has 0 bridgehead atoms. The Morgan fingerprint density at radius 3 is 2.62 bits per heavy atom. The number of carbonyl (C=O) groups excluding carboxylic acids is 1. The maximum atomic E-state index is 12.2. The molecule has 2 fully saturated rings. The van der Waals surface area contributed by atoms with Crippen molar-refractivity contribution in [3.05, 3.63) is 52.1 Å². The van der Waals surface area contributed by atoms with E-state index in [9.17, 15) is 4.79 Å². The third-order valence-corrected chi connectivity index (χ3v) is 5.30. The number of nitrogens with one attached hydrogen (secondary N) is 1. The number of thioether (sulfide) groups is 1. The largest absolute Gasteiger partial charge is 0.441 e. The average Bonchev–Trinajstić information content (AvgIpc) is 3.29. The van der Waals surface area contributed by atoms with Crippen molar-refractivity contribution in [2.24, 2.45) is 4.99 Å². The van der Waals surface area contributed by atoms with E-state index in [-0.39, 0.29) is 5.91 Å². The molecular formula is C20H21N3O2S. The maximum absolute atomic E-state index is 12.2. The molecule has 0 unspecified atom stereocenters. The molecule has 0 spiro atoms.